The summed E-state index contributed by atoms with van der Waals surface area (Å²) in [5.74, 6) is -0.951. The van der Waals surface area contributed by atoms with Crippen molar-refractivity contribution in [1.82, 2.24) is 4.90 Å². The molecule has 2 aliphatic rings. The van der Waals surface area contributed by atoms with Crippen LogP contribution in [0.3, 0.4) is 0 Å². The van der Waals surface area contributed by atoms with Crippen molar-refractivity contribution in [1.29, 1.82) is 0 Å². The van der Waals surface area contributed by atoms with Gasteiger partial charge in [-0.2, -0.15) is 0 Å². The molecule has 3 amide bonds. The Bertz CT molecular complexity index is 1160. The molecule has 0 saturated carbocycles. The molecule has 2 aromatic carbocycles. The van der Waals surface area contributed by atoms with Gasteiger partial charge in [0.15, 0.2) is 0 Å². The van der Waals surface area contributed by atoms with Gasteiger partial charge in [-0.25, -0.2) is 0 Å². The Morgan fingerprint density at radius 1 is 1.06 bits per heavy atom. The number of anilines is 2. The van der Waals surface area contributed by atoms with E-state index in [1.807, 2.05) is 51.1 Å². The van der Waals surface area contributed by atoms with E-state index in [2.05, 4.69) is 5.32 Å². The summed E-state index contributed by atoms with van der Waals surface area (Å²) in [6.45, 7) is 5.51. The number of para-hydroxylation sites is 2. The number of carbonyl (C=O) groups excluding carboxylic acids is 3. The van der Waals surface area contributed by atoms with E-state index in [4.69, 9.17) is 12.2 Å². The van der Waals surface area contributed by atoms with Gasteiger partial charge in [0.1, 0.15) is 10.9 Å². The number of aryl methyl sites for hydroxylation is 1. The van der Waals surface area contributed by atoms with Crippen LogP contribution in [0.25, 0.3) is 5.57 Å². The van der Waals surface area contributed by atoms with Crippen molar-refractivity contribution in [3.8, 4) is 0 Å². The Kier molecular flexibility index (Phi) is 5.68. The molecule has 0 aliphatic carbocycles. The van der Waals surface area contributed by atoms with Crippen LogP contribution in [0.1, 0.15) is 25.0 Å². The monoisotopic (exact) mass is 451 g/mol. The van der Waals surface area contributed by atoms with Crippen LogP contribution in [0.4, 0.5) is 11.4 Å². The van der Waals surface area contributed by atoms with Crippen molar-refractivity contribution in [3.05, 3.63) is 64.6 Å². The minimum atomic E-state index is -0.370. The molecule has 0 spiro atoms. The topological polar surface area (TPSA) is 69.7 Å². The number of hydrogen-bond acceptors (Lipinski definition) is 5. The average molecular weight is 452 g/mol. The van der Waals surface area contributed by atoms with E-state index in [0.717, 1.165) is 17.3 Å². The smallest absolute Gasteiger partial charge is 0.267 e. The number of nitrogens with one attached hydrogen (secondary N) is 1. The third-order valence-electron chi connectivity index (χ3n) is 5.19. The van der Waals surface area contributed by atoms with Crippen LogP contribution in [-0.2, 0) is 14.4 Å². The average Bonchev–Trinajstić information content (AvgIpc) is 3.16. The van der Waals surface area contributed by atoms with Gasteiger partial charge >= 0.3 is 0 Å². The van der Waals surface area contributed by atoms with E-state index in [9.17, 15) is 14.4 Å². The van der Waals surface area contributed by atoms with Gasteiger partial charge < -0.3 is 5.32 Å². The van der Waals surface area contributed by atoms with Gasteiger partial charge in [0.2, 0.25) is 5.91 Å². The fourth-order valence-corrected chi connectivity index (χ4v) is 5.27. The SMILES string of the molecule is Cc1ccccc1NC(=O)CN1C(=O)/C(=C2/SC(=S)N(C(C)C)C2=O)c2ccccc21. The molecule has 0 radical (unpaired) electrons. The van der Waals surface area contributed by atoms with E-state index in [-0.39, 0.29) is 30.3 Å². The second-order valence-electron chi connectivity index (χ2n) is 7.61. The zero-order chi connectivity index (χ0) is 22.3. The summed E-state index contributed by atoms with van der Waals surface area (Å²) in [7, 11) is 0. The first-order valence-corrected chi connectivity index (χ1v) is 11.1. The lowest BCUT2D eigenvalue weighted by molar-refractivity contribution is -0.123. The number of thiocarbonyl (C=S) groups is 1. The Labute approximate surface area is 190 Å². The number of thioether (sulfide) groups is 1. The van der Waals surface area contributed by atoms with Crippen LogP contribution < -0.4 is 10.2 Å². The molecule has 0 aromatic heterocycles. The van der Waals surface area contributed by atoms with Crippen LogP contribution in [0.2, 0.25) is 0 Å². The predicted molar refractivity (Wildman–Crippen MR) is 128 cm³/mol. The van der Waals surface area contributed by atoms with Crippen LogP contribution in [0.5, 0.6) is 0 Å². The van der Waals surface area contributed by atoms with Crippen molar-refractivity contribution in [2.24, 2.45) is 0 Å². The van der Waals surface area contributed by atoms with Gasteiger partial charge in [-0.15, -0.1) is 0 Å². The molecule has 0 atom stereocenters. The first-order valence-electron chi connectivity index (χ1n) is 9.86. The largest absolute Gasteiger partial charge is 0.324 e. The van der Waals surface area contributed by atoms with Gasteiger partial charge in [0.05, 0.1) is 16.2 Å². The summed E-state index contributed by atoms with van der Waals surface area (Å²) in [4.78, 5) is 42.4. The quantitative estimate of drug-likeness (QED) is 0.563. The summed E-state index contributed by atoms with van der Waals surface area (Å²) in [6, 6.07) is 14.5. The molecule has 1 fully saturated rings. The van der Waals surface area contributed by atoms with Gasteiger partial charge in [0, 0.05) is 17.3 Å². The molecule has 1 N–H and O–H groups in total. The number of benzene rings is 2. The molecule has 2 aromatic rings. The summed E-state index contributed by atoms with van der Waals surface area (Å²) >= 11 is 6.51. The minimum absolute atomic E-state index is 0.103. The van der Waals surface area contributed by atoms with Crippen molar-refractivity contribution >= 4 is 63.0 Å². The summed E-state index contributed by atoms with van der Waals surface area (Å²) in [6.07, 6.45) is 0. The highest BCUT2D eigenvalue weighted by molar-refractivity contribution is 8.26. The zero-order valence-electron chi connectivity index (χ0n) is 17.3. The predicted octanol–water partition coefficient (Wildman–Crippen LogP) is 3.96. The van der Waals surface area contributed by atoms with Crippen LogP contribution in [0.15, 0.2) is 53.4 Å². The Hall–Kier alpha value is -2.97. The number of hydrogen-bond donors (Lipinski definition) is 1. The van der Waals surface area contributed by atoms with E-state index in [1.54, 1.807) is 18.2 Å². The maximum Gasteiger partial charge on any atom is 0.267 e. The van der Waals surface area contributed by atoms with Crippen molar-refractivity contribution in [2.45, 2.75) is 26.8 Å². The molecule has 2 heterocycles. The maximum atomic E-state index is 13.4. The Balaban J connectivity index is 1.67. The van der Waals surface area contributed by atoms with Gasteiger partial charge in [-0.3, -0.25) is 24.2 Å². The number of amides is 3. The molecular weight excluding hydrogens is 430 g/mol. The molecular formula is C23H21N3O3S2. The lowest BCUT2D eigenvalue weighted by Gasteiger charge is -2.18. The van der Waals surface area contributed by atoms with E-state index in [0.29, 0.717) is 31.7 Å². The van der Waals surface area contributed by atoms with E-state index < -0.39 is 0 Å². The second kappa shape index (κ2) is 8.28. The van der Waals surface area contributed by atoms with Crippen molar-refractivity contribution in [2.75, 3.05) is 16.8 Å². The molecule has 158 valence electrons. The molecule has 8 heteroatoms. The fourth-order valence-electron chi connectivity index (χ4n) is 3.68. The molecule has 4 rings (SSSR count). The molecule has 0 unspecified atom stereocenters. The number of nitrogens with zero attached hydrogens (tertiary/aromatic N) is 2. The van der Waals surface area contributed by atoms with Gasteiger partial charge in [-0.05, 0) is 38.5 Å². The molecule has 1 saturated heterocycles. The highest BCUT2D eigenvalue weighted by atomic mass is 32.2. The molecule has 0 bridgehead atoms. The van der Waals surface area contributed by atoms with Crippen molar-refractivity contribution in [3.63, 3.8) is 0 Å². The highest BCUT2D eigenvalue weighted by Gasteiger charge is 2.43. The van der Waals surface area contributed by atoms with Crippen molar-refractivity contribution < 1.29 is 14.4 Å². The number of carbonyl (C=O) groups is 3. The highest BCUT2D eigenvalue weighted by Crippen LogP contribution is 2.44. The van der Waals surface area contributed by atoms with Crippen LogP contribution >= 0.6 is 24.0 Å². The van der Waals surface area contributed by atoms with E-state index >= 15 is 0 Å². The van der Waals surface area contributed by atoms with E-state index in [1.165, 1.54) is 9.80 Å². The molecule has 6 nitrogen and oxygen atoms in total. The second-order valence-corrected chi connectivity index (χ2v) is 9.26. The maximum absolute atomic E-state index is 13.4. The zero-order valence-corrected chi connectivity index (χ0v) is 19.0. The summed E-state index contributed by atoms with van der Waals surface area (Å²) in [5.41, 5.74) is 3.19. The lowest BCUT2D eigenvalue weighted by Crippen LogP contribution is -2.36. The van der Waals surface area contributed by atoms with Crippen LogP contribution in [-0.4, -0.2) is 39.5 Å². The van der Waals surface area contributed by atoms with Gasteiger partial charge in [0.25, 0.3) is 11.8 Å². The van der Waals surface area contributed by atoms with Gasteiger partial charge in [-0.1, -0.05) is 60.4 Å². The summed E-state index contributed by atoms with van der Waals surface area (Å²) in [5, 5.41) is 2.86. The first-order chi connectivity index (χ1) is 14.8. The Morgan fingerprint density at radius 2 is 1.74 bits per heavy atom. The molecule has 2 aliphatic heterocycles. The minimum Gasteiger partial charge on any atom is -0.324 e. The fraction of sp³-hybridized carbons (Fsp3) is 0.217. The summed E-state index contributed by atoms with van der Waals surface area (Å²) < 4.78 is 0.434. The standard InChI is InChI=1S/C23H21N3O3S2/c1-13(2)26-22(29)20(31-23(26)30)19-15-9-5-7-11-17(15)25(21(19)28)12-18(27)24-16-10-6-4-8-14(16)3/h4-11,13H,12H2,1-3H3,(H,24,27)/b20-19+. The normalized spacial score (nSPS) is 18.3. The lowest BCUT2D eigenvalue weighted by atomic mass is 10.1. The third-order valence-corrected chi connectivity index (χ3v) is 6.59. The number of fused-ring (bicyclic) bond motifs is 1. The third kappa shape index (κ3) is 3.77. The number of rotatable bonds is 4. The molecule has 31 heavy (non-hydrogen) atoms. The van der Waals surface area contributed by atoms with Crippen LogP contribution in [0, 0.1) is 6.92 Å². The first kappa shape index (κ1) is 21.3. The Morgan fingerprint density at radius 3 is 2.42 bits per heavy atom.